The van der Waals surface area contributed by atoms with Crippen LogP contribution in [0.1, 0.15) is 50.3 Å². The Kier molecular flexibility index (Phi) is 6.26. The molecule has 4 rings (SSSR count). The zero-order valence-electron chi connectivity index (χ0n) is 17.9. The normalized spacial score (nSPS) is 23.2. The summed E-state index contributed by atoms with van der Waals surface area (Å²) < 4.78 is 11.9. The van der Waals surface area contributed by atoms with Crippen molar-refractivity contribution in [3.05, 3.63) is 77.0 Å². The molecule has 1 fully saturated rings. The van der Waals surface area contributed by atoms with E-state index in [1.54, 1.807) is 6.92 Å². The van der Waals surface area contributed by atoms with Crippen LogP contribution in [0.2, 0.25) is 0 Å². The van der Waals surface area contributed by atoms with E-state index < -0.39 is 12.0 Å². The minimum Gasteiger partial charge on any atom is -0.489 e. The minimum atomic E-state index is -0.648. The highest BCUT2D eigenvalue weighted by Gasteiger charge is 2.36. The first-order valence-corrected chi connectivity index (χ1v) is 10.8. The first-order chi connectivity index (χ1) is 15.0. The maximum absolute atomic E-state index is 13.2. The van der Waals surface area contributed by atoms with Crippen molar-refractivity contribution < 1.29 is 19.1 Å². The number of hydrogen-bond acceptors (Lipinski definition) is 4. The van der Waals surface area contributed by atoms with E-state index in [1.807, 2.05) is 54.6 Å². The zero-order valence-corrected chi connectivity index (χ0v) is 17.9. The molecule has 0 radical (unpaired) electrons. The molecule has 2 aliphatic rings. The summed E-state index contributed by atoms with van der Waals surface area (Å²) in [7, 11) is 0. The lowest BCUT2D eigenvalue weighted by Crippen LogP contribution is -2.45. The lowest BCUT2D eigenvalue weighted by Gasteiger charge is -2.30. The smallest absolute Gasteiger partial charge is 0.338 e. The van der Waals surface area contributed by atoms with E-state index in [0.29, 0.717) is 29.5 Å². The Morgan fingerprint density at radius 1 is 1.06 bits per heavy atom. The van der Waals surface area contributed by atoms with Crippen LogP contribution in [0.4, 0.5) is 4.79 Å². The van der Waals surface area contributed by atoms with Gasteiger partial charge in [-0.2, -0.15) is 0 Å². The van der Waals surface area contributed by atoms with Gasteiger partial charge >= 0.3 is 12.0 Å². The number of carbonyl (C=O) groups is 2. The molecule has 2 aromatic carbocycles. The van der Waals surface area contributed by atoms with Gasteiger partial charge in [0, 0.05) is 11.3 Å². The summed E-state index contributed by atoms with van der Waals surface area (Å²) in [6.45, 7) is 4.23. The van der Waals surface area contributed by atoms with Crippen molar-refractivity contribution in [2.75, 3.05) is 0 Å². The first kappa shape index (κ1) is 21.0. The molecule has 0 spiro atoms. The van der Waals surface area contributed by atoms with Crippen molar-refractivity contribution in [3.8, 4) is 5.75 Å². The number of benzene rings is 2. The number of ether oxygens (including phenoxy) is 2. The lowest BCUT2D eigenvalue weighted by atomic mass is 9.94. The fraction of sp³-hybridized carbons (Fsp3) is 0.360. The number of urea groups is 1. The SMILES string of the molecule is CC1=C(C(=O)O[C@H]2CCC[C@@H]2C)[C@@H](c2ccccc2OCc2ccccc2)NC(=O)N1. The van der Waals surface area contributed by atoms with E-state index in [2.05, 4.69) is 17.6 Å². The third-order valence-electron chi connectivity index (χ3n) is 6.00. The Balaban J connectivity index is 1.61. The third-order valence-corrected chi connectivity index (χ3v) is 6.00. The lowest BCUT2D eigenvalue weighted by molar-refractivity contribution is -0.146. The third kappa shape index (κ3) is 4.74. The molecule has 6 heteroatoms. The number of hydrogen-bond donors (Lipinski definition) is 2. The summed E-state index contributed by atoms with van der Waals surface area (Å²) in [5, 5.41) is 5.59. The summed E-state index contributed by atoms with van der Waals surface area (Å²) in [5.74, 6) is 0.563. The summed E-state index contributed by atoms with van der Waals surface area (Å²) in [6, 6.07) is 16.3. The summed E-state index contributed by atoms with van der Waals surface area (Å²) in [5.41, 5.74) is 2.67. The van der Waals surface area contributed by atoms with Gasteiger partial charge in [0.2, 0.25) is 0 Å². The monoisotopic (exact) mass is 420 g/mol. The fourth-order valence-electron chi connectivity index (χ4n) is 4.27. The summed E-state index contributed by atoms with van der Waals surface area (Å²) >= 11 is 0. The van der Waals surface area contributed by atoms with Gasteiger partial charge < -0.3 is 20.1 Å². The number of carbonyl (C=O) groups excluding carboxylic acids is 2. The highest BCUT2D eigenvalue weighted by atomic mass is 16.5. The van der Waals surface area contributed by atoms with Crippen molar-refractivity contribution in [2.24, 2.45) is 5.92 Å². The predicted octanol–water partition coefficient (Wildman–Crippen LogP) is 4.63. The number of nitrogens with one attached hydrogen (secondary N) is 2. The van der Waals surface area contributed by atoms with Crippen LogP contribution < -0.4 is 15.4 Å². The largest absolute Gasteiger partial charge is 0.489 e. The van der Waals surface area contributed by atoms with Gasteiger partial charge in [0.25, 0.3) is 0 Å². The molecular formula is C25H28N2O4. The molecule has 1 saturated carbocycles. The summed E-state index contributed by atoms with van der Waals surface area (Å²) in [6.07, 6.45) is 2.91. The Morgan fingerprint density at radius 2 is 1.81 bits per heavy atom. The van der Waals surface area contributed by atoms with Gasteiger partial charge in [-0.15, -0.1) is 0 Å². The average Bonchev–Trinajstić information content (AvgIpc) is 3.16. The number of allylic oxidation sites excluding steroid dienone is 1. The first-order valence-electron chi connectivity index (χ1n) is 10.8. The predicted molar refractivity (Wildman–Crippen MR) is 117 cm³/mol. The average molecular weight is 421 g/mol. The maximum Gasteiger partial charge on any atom is 0.338 e. The molecule has 1 aliphatic heterocycles. The van der Waals surface area contributed by atoms with Crippen LogP contribution in [0.5, 0.6) is 5.75 Å². The molecule has 1 aliphatic carbocycles. The molecule has 3 atom stereocenters. The molecule has 2 amide bonds. The van der Waals surface area contributed by atoms with Gasteiger partial charge in [-0.3, -0.25) is 0 Å². The maximum atomic E-state index is 13.2. The zero-order chi connectivity index (χ0) is 21.8. The van der Waals surface area contributed by atoms with Crippen LogP contribution in [-0.4, -0.2) is 18.1 Å². The van der Waals surface area contributed by atoms with Crippen LogP contribution in [0.15, 0.2) is 65.9 Å². The number of rotatable bonds is 6. The minimum absolute atomic E-state index is 0.0874. The van der Waals surface area contributed by atoms with Gasteiger partial charge in [0.05, 0.1) is 11.6 Å². The molecule has 2 aromatic rings. The fourth-order valence-corrected chi connectivity index (χ4v) is 4.27. The van der Waals surface area contributed by atoms with Crippen LogP contribution >= 0.6 is 0 Å². The van der Waals surface area contributed by atoms with Crippen LogP contribution in [0.25, 0.3) is 0 Å². The molecule has 0 unspecified atom stereocenters. The van der Waals surface area contributed by atoms with Gasteiger partial charge in [0.1, 0.15) is 18.5 Å². The molecule has 162 valence electrons. The standard InChI is InChI=1S/C25H28N2O4/c1-16-9-8-14-20(16)31-24(28)22-17(2)26-25(29)27-23(22)19-12-6-7-13-21(19)30-15-18-10-4-3-5-11-18/h3-7,10-13,16,20,23H,8-9,14-15H2,1-2H3,(H2,26,27,29)/t16-,20-,23+/m0/s1. The Hall–Kier alpha value is -3.28. The molecule has 2 N–H and O–H groups in total. The molecule has 31 heavy (non-hydrogen) atoms. The molecular weight excluding hydrogens is 392 g/mol. The quantitative estimate of drug-likeness (QED) is 0.669. The second-order valence-corrected chi connectivity index (χ2v) is 8.23. The number of amides is 2. The topological polar surface area (TPSA) is 76.7 Å². The van der Waals surface area contributed by atoms with E-state index in [4.69, 9.17) is 9.47 Å². The van der Waals surface area contributed by atoms with Crippen molar-refractivity contribution in [3.63, 3.8) is 0 Å². The van der Waals surface area contributed by atoms with E-state index in [0.717, 1.165) is 30.4 Å². The van der Waals surface area contributed by atoms with E-state index in [1.165, 1.54) is 0 Å². The Bertz CT molecular complexity index is 986. The van der Waals surface area contributed by atoms with E-state index >= 15 is 0 Å². The second kappa shape index (κ2) is 9.25. The Morgan fingerprint density at radius 3 is 2.55 bits per heavy atom. The van der Waals surface area contributed by atoms with Crippen molar-refractivity contribution >= 4 is 12.0 Å². The molecule has 1 heterocycles. The number of esters is 1. The highest BCUT2D eigenvalue weighted by molar-refractivity contribution is 5.95. The van der Waals surface area contributed by atoms with Gasteiger partial charge in [0.15, 0.2) is 0 Å². The molecule has 6 nitrogen and oxygen atoms in total. The van der Waals surface area contributed by atoms with Crippen molar-refractivity contribution in [1.82, 2.24) is 10.6 Å². The Labute approximate surface area is 182 Å². The van der Waals surface area contributed by atoms with E-state index in [-0.39, 0.29) is 12.1 Å². The van der Waals surface area contributed by atoms with E-state index in [9.17, 15) is 9.59 Å². The second-order valence-electron chi connectivity index (χ2n) is 8.23. The number of para-hydroxylation sites is 1. The van der Waals surface area contributed by atoms with Gasteiger partial charge in [-0.05, 0) is 43.7 Å². The van der Waals surface area contributed by atoms with Crippen LogP contribution in [0, 0.1) is 5.92 Å². The van der Waals surface area contributed by atoms with Crippen LogP contribution in [0.3, 0.4) is 0 Å². The van der Waals surface area contributed by atoms with Crippen LogP contribution in [-0.2, 0) is 16.1 Å². The van der Waals surface area contributed by atoms with Gasteiger partial charge in [-0.25, -0.2) is 9.59 Å². The molecule has 0 bridgehead atoms. The van der Waals surface area contributed by atoms with Gasteiger partial charge in [-0.1, -0.05) is 55.5 Å². The van der Waals surface area contributed by atoms with Crippen molar-refractivity contribution in [1.29, 1.82) is 0 Å². The van der Waals surface area contributed by atoms with Crippen molar-refractivity contribution in [2.45, 2.75) is 51.9 Å². The summed E-state index contributed by atoms with van der Waals surface area (Å²) in [4.78, 5) is 25.4. The molecule has 0 saturated heterocycles. The molecule has 0 aromatic heterocycles. The highest BCUT2D eigenvalue weighted by Crippen LogP contribution is 2.35.